The van der Waals surface area contributed by atoms with E-state index in [1.807, 2.05) is 0 Å². The molecule has 19 heavy (non-hydrogen) atoms. The van der Waals surface area contributed by atoms with Crippen LogP contribution in [0.2, 0.25) is 0 Å². The lowest BCUT2D eigenvalue weighted by molar-refractivity contribution is -0.138. The van der Waals surface area contributed by atoms with Crippen molar-refractivity contribution in [2.75, 3.05) is 26.0 Å². The molecule has 1 unspecified atom stereocenters. The van der Waals surface area contributed by atoms with Crippen molar-refractivity contribution in [1.29, 1.82) is 0 Å². The SMILES string of the molecule is CC(C(=O)O)N(C)c1ccc(S(=O)(=O)N(C)C)cn1. The average molecular weight is 287 g/mol. The van der Waals surface area contributed by atoms with E-state index < -0.39 is 22.0 Å². The predicted molar refractivity (Wildman–Crippen MR) is 70.6 cm³/mol. The van der Waals surface area contributed by atoms with Gasteiger partial charge in [0.2, 0.25) is 10.0 Å². The van der Waals surface area contributed by atoms with E-state index >= 15 is 0 Å². The number of sulfonamides is 1. The van der Waals surface area contributed by atoms with Gasteiger partial charge < -0.3 is 10.0 Å². The molecule has 1 N–H and O–H groups in total. The van der Waals surface area contributed by atoms with Crippen molar-refractivity contribution in [3.63, 3.8) is 0 Å². The second-order valence-electron chi connectivity index (χ2n) is 4.26. The van der Waals surface area contributed by atoms with Crippen LogP contribution in [0.4, 0.5) is 5.82 Å². The largest absolute Gasteiger partial charge is 0.480 e. The number of hydrogen-bond donors (Lipinski definition) is 1. The smallest absolute Gasteiger partial charge is 0.326 e. The molecule has 0 aliphatic carbocycles. The zero-order valence-electron chi connectivity index (χ0n) is 11.2. The molecule has 0 spiro atoms. The Kier molecular flexibility index (Phi) is 4.48. The van der Waals surface area contributed by atoms with Crippen LogP contribution in [0.1, 0.15) is 6.92 Å². The normalized spacial score (nSPS) is 13.3. The Balaban J connectivity index is 3.04. The van der Waals surface area contributed by atoms with E-state index in [0.717, 1.165) is 4.31 Å². The van der Waals surface area contributed by atoms with E-state index in [-0.39, 0.29) is 4.90 Å². The van der Waals surface area contributed by atoms with Crippen LogP contribution in [0.5, 0.6) is 0 Å². The lowest BCUT2D eigenvalue weighted by Gasteiger charge is -2.22. The lowest BCUT2D eigenvalue weighted by Crippen LogP contribution is -2.36. The van der Waals surface area contributed by atoms with E-state index in [1.165, 1.54) is 44.2 Å². The summed E-state index contributed by atoms with van der Waals surface area (Å²) >= 11 is 0. The lowest BCUT2D eigenvalue weighted by atomic mass is 10.3. The summed E-state index contributed by atoms with van der Waals surface area (Å²) in [5.74, 6) is -0.582. The Labute approximate surface area is 112 Å². The van der Waals surface area contributed by atoms with Gasteiger partial charge in [0.05, 0.1) is 0 Å². The Hall–Kier alpha value is -1.67. The minimum Gasteiger partial charge on any atom is -0.480 e. The molecule has 0 fully saturated rings. The number of pyridine rings is 1. The third-order valence-electron chi connectivity index (χ3n) is 2.80. The van der Waals surface area contributed by atoms with Crippen LogP contribution in [-0.2, 0) is 14.8 Å². The Morgan fingerprint density at radius 2 is 1.89 bits per heavy atom. The van der Waals surface area contributed by atoms with Gasteiger partial charge in [-0.15, -0.1) is 0 Å². The maximum atomic E-state index is 11.8. The van der Waals surface area contributed by atoms with E-state index in [9.17, 15) is 13.2 Å². The van der Waals surface area contributed by atoms with Gasteiger partial charge in [-0.25, -0.2) is 22.5 Å². The minimum atomic E-state index is -3.52. The maximum Gasteiger partial charge on any atom is 0.326 e. The van der Waals surface area contributed by atoms with Gasteiger partial charge in [-0.1, -0.05) is 0 Å². The molecule has 0 aliphatic rings. The van der Waals surface area contributed by atoms with Crippen LogP contribution >= 0.6 is 0 Å². The molecule has 106 valence electrons. The standard InChI is InChI=1S/C11H17N3O4S/c1-8(11(15)16)14(4)10-6-5-9(7-12-10)19(17,18)13(2)3/h5-8H,1-4H3,(H,15,16). The molecule has 0 saturated carbocycles. The number of carbonyl (C=O) groups is 1. The molecule has 8 heteroatoms. The van der Waals surface area contributed by atoms with Gasteiger partial charge in [-0.3, -0.25) is 0 Å². The minimum absolute atomic E-state index is 0.0672. The summed E-state index contributed by atoms with van der Waals surface area (Å²) in [5.41, 5.74) is 0. The topological polar surface area (TPSA) is 90.8 Å². The molecule has 1 rings (SSSR count). The molecule has 1 aromatic rings. The van der Waals surface area contributed by atoms with E-state index in [1.54, 1.807) is 7.05 Å². The summed E-state index contributed by atoms with van der Waals surface area (Å²) in [4.78, 5) is 16.4. The summed E-state index contributed by atoms with van der Waals surface area (Å²) in [6.07, 6.45) is 1.22. The number of carboxylic acid groups (broad SMARTS) is 1. The number of aromatic nitrogens is 1. The number of likely N-dealkylation sites (N-methyl/N-ethyl adjacent to an activating group) is 1. The van der Waals surface area contributed by atoms with Crippen molar-refractivity contribution >= 4 is 21.8 Å². The van der Waals surface area contributed by atoms with Crippen LogP contribution in [0.15, 0.2) is 23.2 Å². The highest BCUT2D eigenvalue weighted by Crippen LogP contribution is 2.17. The molecule has 0 amide bonds. The van der Waals surface area contributed by atoms with Crippen molar-refractivity contribution in [3.8, 4) is 0 Å². The van der Waals surface area contributed by atoms with Crippen molar-refractivity contribution in [2.24, 2.45) is 0 Å². The number of aliphatic carboxylic acids is 1. The highest BCUT2D eigenvalue weighted by molar-refractivity contribution is 7.89. The van der Waals surface area contributed by atoms with Gasteiger partial charge in [0.15, 0.2) is 0 Å². The first-order valence-corrected chi connectivity index (χ1v) is 6.96. The molecule has 1 heterocycles. The summed E-state index contributed by atoms with van der Waals surface area (Å²) in [6, 6.07) is 2.14. The molecular weight excluding hydrogens is 270 g/mol. The highest BCUT2D eigenvalue weighted by atomic mass is 32.2. The summed E-state index contributed by atoms with van der Waals surface area (Å²) in [5, 5.41) is 8.90. The maximum absolute atomic E-state index is 11.8. The fourth-order valence-corrected chi connectivity index (χ4v) is 2.16. The number of nitrogens with zero attached hydrogens (tertiary/aromatic N) is 3. The first-order chi connectivity index (χ1) is 8.67. The number of carboxylic acids is 1. The van der Waals surface area contributed by atoms with Crippen LogP contribution in [0, 0.1) is 0 Å². The van der Waals surface area contributed by atoms with Gasteiger partial charge in [0.1, 0.15) is 16.8 Å². The van der Waals surface area contributed by atoms with Gasteiger partial charge in [0.25, 0.3) is 0 Å². The predicted octanol–water partition coefficient (Wildman–Crippen LogP) is 0.241. The van der Waals surface area contributed by atoms with Crippen LogP contribution in [-0.4, -0.2) is 56.0 Å². The first-order valence-electron chi connectivity index (χ1n) is 5.52. The van der Waals surface area contributed by atoms with Crippen LogP contribution < -0.4 is 4.90 Å². The fourth-order valence-electron chi connectivity index (χ4n) is 1.31. The summed E-state index contributed by atoms with van der Waals surface area (Å²) in [6.45, 7) is 1.52. The molecule has 0 aliphatic heterocycles. The average Bonchev–Trinajstić information content (AvgIpc) is 2.36. The molecule has 0 bridgehead atoms. The van der Waals surface area contributed by atoms with Gasteiger partial charge in [0, 0.05) is 27.3 Å². The van der Waals surface area contributed by atoms with E-state index in [2.05, 4.69) is 4.98 Å². The van der Waals surface area contributed by atoms with Crippen LogP contribution in [0.25, 0.3) is 0 Å². The Morgan fingerprint density at radius 3 is 2.26 bits per heavy atom. The number of hydrogen-bond acceptors (Lipinski definition) is 5. The van der Waals surface area contributed by atoms with Crippen molar-refractivity contribution in [1.82, 2.24) is 9.29 Å². The number of rotatable bonds is 5. The molecule has 7 nitrogen and oxygen atoms in total. The fraction of sp³-hybridized carbons (Fsp3) is 0.455. The molecule has 0 aromatic carbocycles. The highest BCUT2D eigenvalue weighted by Gasteiger charge is 2.20. The summed E-state index contributed by atoms with van der Waals surface area (Å²) in [7, 11) is 0.929. The molecular formula is C11H17N3O4S. The zero-order chi connectivity index (χ0) is 14.8. The number of anilines is 1. The third kappa shape index (κ3) is 3.21. The molecule has 1 atom stereocenters. The van der Waals surface area contributed by atoms with Crippen molar-refractivity contribution in [2.45, 2.75) is 17.9 Å². The molecule has 0 saturated heterocycles. The van der Waals surface area contributed by atoms with Crippen molar-refractivity contribution < 1.29 is 18.3 Å². The quantitative estimate of drug-likeness (QED) is 0.834. The second kappa shape index (κ2) is 5.54. The van der Waals surface area contributed by atoms with Gasteiger partial charge in [-0.2, -0.15) is 0 Å². The van der Waals surface area contributed by atoms with Gasteiger partial charge in [-0.05, 0) is 19.1 Å². The third-order valence-corrected chi connectivity index (χ3v) is 4.60. The zero-order valence-corrected chi connectivity index (χ0v) is 12.0. The molecule has 1 aromatic heterocycles. The Morgan fingerprint density at radius 1 is 1.32 bits per heavy atom. The van der Waals surface area contributed by atoms with E-state index in [0.29, 0.717) is 5.82 Å². The second-order valence-corrected chi connectivity index (χ2v) is 6.42. The van der Waals surface area contributed by atoms with Gasteiger partial charge >= 0.3 is 5.97 Å². The first kappa shape index (κ1) is 15.4. The van der Waals surface area contributed by atoms with Crippen molar-refractivity contribution in [3.05, 3.63) is 18.3 Å². The summed E-state index contributed by atoms with van der Waals surface area (Å²) < 4.78 is 24.8. The van der Waals surface area contributed by atoms with E-state index in [4.69, 9.17) is 5.11 Å². The Bertz CT molecular complexity index is 554. The molecule has 0 radical (unpaired) electrons. The monoisotopic (exact) mass is 287 g/mol. The van der Waals surface area contributed by atoms with Crippen LogP contribution in [0.3, 0.4) is 0 Å².